The van der Waals surface area contributed by atoms with E-state index in [1.807, 2.05) is 12.3 Å². The number of hydrogen-bond donors (Lipinski definition) is 0. The van der Waals surface area contributed by atoms with Gasteiger partial charge in [-0.2, -0.15) is 4.31 Å². The van der Waals surface area contributed by atoms with Crippen LogP contribution >= 0.6 is 23.1 Å². The third-order valence-corrected chi connectivity index (χ3v) is 8.37. The summed E-state index contributed by atoms with van der Waals surface area (Å²) in [4.78, 5) is 18.1. The molecule has 1 fully saturated rings. The fraction of sp³-hybridized carbons (Fsp3) is 0.368. The second kappa shape index (κ2) is 9.65. The minimum atomic E-state index is -3.94. The molecule has 1 amide bonds. The number of thiazole rings is 1. The van der Waals surface area contributed by atoms with Crippen LogP contribution in [0.4, 0.5) is 4.39 Å². The predicted molar refractivity (Wildman–Crippen MR) is 116 cm³/mol. The Morgan fingerprint density at radius 2 is 1.97 bits per heavy atom. The lowest BCUT2D eigenvalue weighted by Gasteiger charge is -2.34. The van der Waals surface area contributed by atoms with Crippen LogP contribution in [0.1, 0.15) is 16.6 Å². The van der Waals surface area contributed by atoms with Gasteiger partial charge in [0.2, 0.25) is 21.8 Å². The molecule has 170 valence electrons. The van der Waals surface area contributed by atoms with E-state index in [0.29, 0.717) is 17.5 Å². The Balaban J connectivity index is 1.27. The van der Waals surface area contributed by atoms with Gasteiger partial charge in [-0.25, -0.2) is 17.8 Å². The van der Waals surface area contributed by atoms with Gasteiger partial charge in [-0.3, -0.25) is 4.79 Å². The van der Waals surface area contributed by atoms with Gasteiger partial charge in [0.05, 0.1) is 22.9 Å². The van der Waals surface area contributed by atoms with Crippen molar-refractivity contribution in [2.24, 2.45) is 0 Å². The fourth-order valence-electron chi connectivity index (χ4n) is 3.20. The average Bonchev–Trinajstić information content (AvgIpc) is 3.41. The van der Waals surface area contributed by atoms with Gasteiger partial charge in [0.15, 0.2) is 0 Å². The lowest BCUT2D eigenvalue weighted by molar-refractivity contribution is -0.129. The number of thioether (sulfide) groups is 1. The van der Waals surface area contributed by atoms with Crippen LogP contribution in [-0.2, 0) is 21.2 Å². The molecule has 0 radical (unpaired) electrons. The Labute approximate surface area is 192 Å². The molecule has 1 aliphatic heterocycles. The smallest absolute Gasteiger partial charge is 0.277 e. The highest BCUT2D eigenvalue weighted by molar-refractivity contribution is 7.99. The third-order valence-electron chi connectivity index (χ3n) is 4.81. The Bertz CT molecular complexity index is 1210. The number of nitrogens with zero attached hydrogens (tertiary/aromatic N) is 5. The van der Waals surface area contributed by atoms with Crippen molar-refractivity contribution >= 4 is 39.0 Å². The zero-order valence-corrected chi connectivity index (χ0v) is 19.6. The molecule has 0 aliphatic carbocycles. The van der Waals surface area contributed by atoms with Crippen LogP contribution in [0.25, 0.3) is 0 Å². The molecule has 32 heavy (non-hydrogen) atoms. The number of halogens is 1. The zero-order chi connectivity index (χ0) is 22.7. The number of rotatable bonds is 7. The SMILES string of the molecule is Cc1nc(Cc2nnc(SCC(=O)N3CCN(S(=O)(=O)c4ccccc4F)CC3)o2)cs1. The molecule has 0 N–H and O–H groups in total. The maximum absolute atomic E-state index is 13.9. The van der Waals surface area contributed by atoms with Crippen molar-refractivity contribution in [3.8, 4) is 0 Å². The van der Waals surface area contributed by atoms with Crippen LogP contribution in [-0.4, -0.2) is 70.6 Å². The molecule has 1 saturated heterocycles. The summed E-state index contributed by atoms with van der Waals surface area (Å²) < 4.78 is 46.1. The van der Waals surface area contributed by atoms with Crippen LogP contribution in [0.3, 0.4) is 0 Å². The first-order chi connectivity index (χ1) is 15.3. The number of piperazine rings is 1. The molecule has 0 atom stereocenters. The molecule has 3 aromatic rings. The number of aryl methyl sites for hydroxylation is 1. The summed E-state index contributed by atoms with van der Waals surface area (Å²) in [6.45, 7) is 2.58. The number of carbonyl (C=O) groups excluding carboxylic acids is 1. The molecular weight excluding hydrogens is 477 g/mol. The van der Waals surface area contributed by atoms with E-state index in [1.54, 1.807) is 16.2 Å². The van der Waals surface area contributed by atoms with E-state index in [4.69, 9.17) is 4.42 Å². The highest BCUT2D eigenvalue weighted by atomic mass is 32.2. The standard InChI is InChI=1S/C19H20FN5O4S3/c1-13-21-14(11-30-13)10-17-22-23-19(29-17)31-12-18(26)24-6-8-25(9-7-24)32(27,28)16-5-3-2-4-15(16)20/h2-5,11H,6-10,12H2,1H3. The minimum absolute atomic E-state index is 0.0947. The molecule has 9 nitrogen and oxygen atoms in total. The number of aromatic nitrogens is 3. The van der Waals surface area contributed by atoms with Crippen LogP contribution < -0.4 is 0 Å². The molecule has 1 aliphatic rings. The van der Waals surface area contributed by atoms with Crippen LogP contribution in [0.5, 0.6) is 0 Å². The summed E-state index contributed by atoms with van der Waals surface area (Å²) >= 11 is 2.68. The third kappa shape index (κ3) is 5.17. The van der Waals surface area contributed by atoms with Gasteiger partial charge in [0, 0.05) is 31.6 Å². The first kappa shape index (κ1) is 22.8. The number of sulfonamides is 1. The Kier molecular flexibility index (Phi) is 6.88. The van der Waals surface area contributed by atoms with E-state index >= 15 is 0 Å². The van der Waals surface area contributed by atoms with E-state index in [1.165, 1.54) is 22.5 Å². The normalized spacial score (nSPS) is 15.2. The maximum atomic E-state index is 13.9. The number of hydrogen-bond acceptors (Lipinski definition) is 9. The van der Waals surface area contributed by atoms with Crippen molar-refractivity contribution in [3.63, 3.8) is 0 Å². The summed E-state index contributed by atoms with van der Waals surface area (Å²) in [5.74, 6) is -0.423. The van der Waals surface area contributed by atoms with E-state index < -0.39 is 15.8 Å². The Morgan fingerprint density at radius 3 is 2.66 bits per heavy atom. The summed E-state index contributed by atoms with van der Waals surface area (Å²) in [5.41, 5.74) is 0.854. The molecule has 2 aromatic heterocycles. The van der Waals surface area contributed by atoms with Gasteiger partial charge >= 0.3 is 0 Å². The topological polar surface area (TPSA) is 110 Å². The molecule has 13 heteroatoms. The summed E-state index contributed by atoms with van der Waals surface area (Å²) in [5, 5.41) is 11.1. The molecule has 0 saturated carbocycles. The molecular formula is C19H20FN5O4S3. The van der Waals surface area contributed by atoms with E-state index in [2.05, 4.69) is 15.2 Å². The number of amides is 1. The monoisotopic (exact) mass is 497 g/mol. The van der Waals surface area contributed by atoms with E-state index in [-0.39, 0.29) is 42.7 Å². The molecule has 0 bridgehead atoms. The van der Waals surface area contributed by atoms with E-state index in [0.717, 1.165) is 28.5 Å². The first-order valence-corrected chi connectivity index (χ1v) is 13.0. The average molecular weight is 498 g/mol. The van der Waals surface area contributed by atoms with Gasteiger partial charge in [-0.1, -0.05) is 23.9 Å². The molecule has 3 heterocycles. The van der Waals surface area contributed by atoms with Crippen LogP contribution in [0.15, 0.2) is 44.2 Å². The largest absolute Gasteiger partial charge is 0.416 e. The van der Waals surface area contributed by atoms with E-state index in [9.17, 15) is 17.6 Å². The number of carbonyl (C=O) groups is 1. The lowest BCUT2D eigenvalue weighted by Crippen LogP contribution is -2.51. The minimum Gasteiger partial charge on any atom is -0.416 e. The zero-order valence-electron chi connectivity index (χ0n) is 17.1. The molecule has 1 aromatic carbocycles. The second-order valence-electron chi connectivity index (χ2n) is 7.00. The lowest BCUT2D eigenvalue weighted by atomic mass is 10.3. The highest BCUT2D eigenvalue weighted by Gasteiger charge is 2.31. The first-order valence-electron chi connectivity index (χ1n) is 9.71. The Morgan fingerprint density at radius 1 is 1.22 bits per heavy atom. The van der Waals surface area contributed by atoms with Crippen molar-refractivity contribution in [3.05, 3.63) is 52.1 Å². The molecule has 4 rings (SSSR count). The van der Waals surface area contributed by atoms with Gasteiger partial charge < -0.3 is 9.32 Å². The van der Waals surface area contributed by atoms with Crippen molar-refractivity contribution in [1.82, 2.24) is 24.4 Å². The van der Waals surface area contributed by atoms with Crippen molar-refractivity contribution < 1.29 is 22.0 Å². The highest BCUT2D eigenvalue weighted by Crippen LogP contribution is 2.22. The van der Waals surface area contributed by atoms with Crippen molar-refractivity contribution in [2.45, 2.75) is 23.5 Å². The van der Waals surface area contributed by atoms with Crippen LogP contribution in [0, 0.1) is 12.7 Å². The Hall–Kier alpha value is -2.35. The van der Waals surface area contributed by atoms with Crippen LogP contribution in [0.2, 0.25) is 0 Å². The fourth-order valence-corrected chi connectivity index (χ4v) is 5.98. The summed E-state index contributed by atoms with van der Waals surface area (Å²) in [7, 11) is -3.94. The van der Waals surface area contributed by atoms with Crippen molar-refractivity contribution in [1.29, 1.82) is 0 Å². The summed E-state index contributed by atoms with van der Waals surface area (Å²) in [6.07, 6.45) is 0.435. The summed E-state index contributed by atoms with van der Waals surface area (Å²) in [6, 6.07) is 5.28. The van der Waals surface area contributed by atoms with Gasteiger partial charge in [0.25, 0.3) is 5.22 Å². The number of benzene rings is 1. The van der Waals surface area contributed by atoms with Crippen molar-refractivity contribution in [2.75, 3.05) is 31.9 Å². The van der Waals surface area contributed by atoms with Gasteiger partial charge in [0.1, 0.15) is 10.7 Å². The quantitative estimate of drug-likeness (QED) is 0.457. The molecule has 0 unspecified atom stereocenters. The second-order valence-corrected chi connectivity index (χ2v) is 10.9. The van der Waals surface area contributed by atoms with Gasteiger partial charge in [-0.05, 0) is 19.1 Å². The molecule has 0 spiro atoms. The maximum Gasteiger partial charge on any atom is 0.277 e. The predicted octanol–water partition coefficient (Wildman–Crippen LogP) is 2.19. The van der Waals surface area contributed by atoms with Gasteiger partial charge in [-0.15, -0.1) is 21.5 Å².